The van der Waals surface area contributed by atoms with Crippen LogP contribution in [0.25, 0.3) is 0 Å². The average Bonchev–Trinajstić information content (AvgIpc) is 1.90. The molecule has 0 aromatic rings. The van der Waals surface area contributed by atoms with Gasteiger partial charge >= 0.3 is 0 Å². The molecule has 1 heterocycles. The third-order valence-corrected chi connectivity index (χ3v) is 1.90. The third-order valence-electron chi connectivity index (χ3n) is 1.90. The van der Waals surface area contributed by atoms with Crippen LogP contribution in [0.2, 0.25) is 6.32 Å². The first-order chi connectivity index (χ1) is 4.30. The fourth-order valence-electron chi connectivity index (χ4n) is 1.26. The second-order valence-electron chi connectivity index (χ2n) is 3.01. The van der Waals surface area contributed by atoms with E-state index in [2.05, 4.69) is 26.1 Å². The largest absolute Gasteiger partial charge is 0.344 e. The minimum Gasteiger partial charge on any atom is -0.344 e. The quantitative estimate of drug-likeness (QED) is 0.479. The molecule has 1 nitrogen and oxygen atoms in total. The van der Waals surface area contributed by atoms with Gasteiger partial charge in [-0.25, -0.2) is 0 Å². The molecule has 0 spiro atoms. The zero-order valence-corrected chi connectivity index (χ0v) is 6.43. The second kappa shape index (κ2) is 3.26. The lowest BCUT2D eigenvalue weighted by Crippen LogP contribution is -2.37. The molecule has 1 saturated heterocycles. The fraction of sp³-hybridized carbons (Fsp3) is 1.00. The molecule has 0 aromatic heterocycles. The molecule has 2 heteroatoms. The van der Waals surface area contributed by atoms with Gasteiger partial charge < -0.3 is 4.81 Å². The van der Waals surface area contributed by atoms with Gasteiger partial charge in [-0.1, -0.05) is 26.6 Å². The normalized spacial score (nSPS) is 22.1. The first-order valence-electron chi connectivity index (χ1n) is 3.90. The molecule has 0 amide bonds. The van der Waals surface area contributed by atoms with Crippen molar-refractivity contribution >= 4 is 7.41 Å². The van der Waals surface area contributed by atoms with Crippen LogP contribution in [-0.4, -0.2) is 24.8 Å². The Morgan fingerprint density at radius 1 is 1.33 bits per heavy atom. The van der Waals surface area contributed by atoms with Crippen molar-refractivity contribution in [2.75, 3.05) is 6.54 Å². The van der Waals surface area contributed by atoms with Crippen LogP contribution >= 0.6 is 0 Å². The van der Waals surface area contributed by atoms with Crippen molar-refractivity contribution in [2.45, 2.75) is 39.1 Å². The first-order valence-corrected chi connectivity index (χ1v) is 3.90. The molecule has 0 saturated carbocycles. The Hall–Kier alpha value is 0.0249. The molecule has 1 fully saturated rings. The molecule has 1 rings (SSSR count). The van der Waals surface area contributed by atoms with Crippen molar-refractivity contribution < 1.29 is 0 Å². The van der Waals surface area contributed by atoms with Crippen molar-refractivity contribution in [3.63, 3.8) is 0 Å². The number of rotatable bonds is 1. The number of hydrogen-bond acceptors (Lipinski definition) is 1. The maximum absolute atomic E-state index is 2.43. The van der Waals surface area contributed by atoms with Gasteiger partial charge in [0.05, 0.1) is 0 Å². The highest BCUT2D eigenvalue weighted by molar-refractivity contribution is 6.32. The fourth-order valence-corrected chi connectivity index (χ4v) is 1.26. The molecule has 1 aliphatic heterocycles. The van der Waals surface area contributed by atoms with E-state index in [-0.39, 0.29) is 0 Å². The van der Waals surface area contributed by atoms with E-state index in [0.717, 1.165) is 0 Å². The van der Waals surface area contributed by atoms with Gasteiger partial charge in [-0.15, -0.1) is 0 Å². The lowest BCUT2D eigenvalue weighted by atomic mass is 9.78. The van der Waals surface area contributed by atoms with Crippen LogP contribution in [0.4, 0.5) is 0 Å². The number of hydrogen-bond donors (Lipinski definition) is 0. The van der Waals surface area contributed by atoms with E-state index in [9.17, 15) is 0 Å². The third kappa shape index (κ3) is 2.01. The van der Waals surface area contributed by atoms with Gasteiger partial charge in [0.15, 0.2) is 0 Å². The van der Waals surface area contributed by atoms with Crippen LogP contribution in [0.1, 0.15) is 26.7 Å². The van der Waals surface area contributed by atoms with E-state index in [1.807, 2.05) is 0 Å². The molecule has 0 unspecified atom stereocenters. The monoisotopic (exact) mass is 124 g/mol. The summed E-state index contributed by atoms with van der Waals surface area (Å²) in [4.78, 5) is 2.43. The summed E-state index contributed by atoms with van der Waals surface area (Å²) in [5, 5.41) is 0. The van der Waals surface area contributed by atoms with E-state index in [0.29, 0.717) is 6.04 Å². The van der Waals surface area contributed by atoms with Crippen molar-refractivity contribution in [1.29, 1.82) is 0 Å². The van der Waals surface area contributed by atoms with Crippen LogP contribution in [0.15, 0.2) is 0 Å². The predicted molar refractivity (Wildman–Crippen MR) is 41.6 cm³/mol. The van der Waals surface area contributed by atoms with Crippen molar-refractivity contribution in [3.8, 4) is 0 Å². The van der Waals surface area contributed by atoms with E-state index in [4.69, 9.17) is 0 Å². The lowest BCUT2D eigenvalue weighted by Gasteiger charge is -2.29. The smallest absolute Gasteiger partial charge is 0.208 e. The van der Waals surface area contributed by atoms with E-state index >= 15 is 0 Å². The van der Waals surface area contributed by atoms with E-state index in [1.54, 1.807) is 0 Å². The SMILES string of the molecule is CC(C)N1[B]CCCC1. The molecule has 9 heavy (non-hydrogen) atoms. The Labute approximate surface area is 58.7 Å². The molecule has 0 N–H and O–H groups in total. The summed E-state index contributed by atoms with van der Waals surface area (Å²) in [6.07, 6.45) is 4.07. The Balaban J connectivity index is 2.23. The molecule has 0 aromatic carbocycles. The van der Waals surface area contributed by atoms with Gasteiger partial charge in [0, 0.05) is 0 Å². The van der Waals surface area contributed by atoms with Gasteiger partial charge in [-0.05, 0) is 19.0 Å². The highest BCUT2D eigenvalue weighted by Crippen LogP contribution is 2.09. The van der Waals surface area contributed by atoms with Gasteiger partial charge in [0.25, 0.3) is 0 Å². The van der Waals surface area contributed by atoms with Gasteiger partial charge in [-0.3, -0.25) is 0 Å². The van der Waals surface area contributed by atoms with E-state index < -0.39 is 0 Å². The zero-order chi connectivity index (χ0) is 6.69. The summed E-state index contributed by atoms with van der Waals surface area (Å²) >= 11 is 0. The maximum atomic E-state index is 2.43. The summed E-state index contributed by atoms with van der Waals surface area (Å²) in [6, 6.07) is 0.713. The van der Waals surface area contributed by atoms with Crippen LogP contribution < -0.4 is 0 Å². The van der Waals surface area contributed by atoms with E-state index in [1.165, 1.54) is 25.7 Å². The zero-order valence-electron chi connectivity index (χ0n) is 6.43. The highest BCUT2D eigenvalue weighted by atomic mass is 15.1. The molecule has 0 atom stereocenters. The summed E-state index contributed by atoms with van der Waals surface area (Å²) in [7, 11) is 2.34. The van der Waals surface area contributed by atoms with Crippen molar-refractivity contribution in [3.05, 3.63) is 0 Å². The minimum atomic E-state index is 0.713. The Bertz CT molecular complexity index is 77.0. The molecular formula is C7H15BN. The van der Waals surface area contributed by atoms with Crippen molar-refractivity contribution in [2.24, 2.45) is 0 Å². The first kappa shape index (κ1) is 7.14. The summed E-state index contributed by atoms with van der Waals surface area (Å²) in [5.41, 5.74) is 0. The Morgan fingerprint density at radius 3 is 2.44 bits per heavy atom. The van der Waals surface area contributed by atoms with Gasteiger partial charge in [0.1, 0.15) is 0 Å². The molecule has 1 aliphatic rings. The van der Waals surface area contributed by atoms with Crippen LogP contribution in [0.5, 0.6) is 0 Å². The topological polar surface area (TPSA) is 3.24 Å². The molecule has 0 bridgehead atoms. The van der Waals surface area contributed by atoms with Gasteiger partial charge in [0.2, 0.25) is 7.41 Å². The van der Waals surface area contributed by atoms with Crippen LogP contribution in [0, 0.1) is 0 Å². The molecule has 1 radical (unpaired) electrons. The highest BCUT2D eigenvalue weighted by Gasteiger charge is 2.13. The molecule has 51 valence electrons. The average molecular weight is 124 g/mol. The standard InChI is InChI=1S/C7H15BN/c1-7(2)9-6-4-3-5-8-9/h7H,3-6H2,1-2H3. The predicted octanol–water partition coefficient (Wildman–Crippen LogP) is 1.53. The molecule has 0 aliphatic carbocycles. The molecular weight excluding hydrogens is 109 g/mol. The lowest BCUT2D eigenvalue weighted by molar-refractivity contribution is 0.346. The summed E-state index contributed by atoms with van der Waals surface area (Å²) < 4.78 is 0. The minimum absolute atomic E-state index is 0.713. The summed E-state index contributed by atoms with van der Waals surface area (Å²) in [6.45, 7) is 5.78. The maximum Gasteiger partial charge on any atom is 0.208 e. The van der Waals surface area contributed by atoms with Crippen LogP contribution in [-0.2, 0) is 0 Å². The second-order valence-corrected chi connectivity index (χ2v) is 3.01. The Morgan fingerprint density at radius 2 is 2.11 bits per heavy atom. The summed E-state index contributed by atoms with van der Waals surface area (Å²) in [5.74, 6) is 0. The van der Waals surface area contributed by atoms with Crippen LogP contribution in [0.3, 0.4) is 0 Å². The van der Waals surface area contributed by atoms with Gasteiger partial charge in [-0.2, -0.15) is 0 Å². The van der Waals surface area contributed by atoms with Crippen molar-refractivity contribution in [1.82, 2.24) is 4.81 Å². The number of nitrogens with zero attached hydrogens (tertiary/aromatic N) is 1. The Kier molecular flexibility index (Phi) is 2.58.